The molecule has 2 rings (SSSR count). The van der Waals surface area contributed by atoms with Crippen LogP contribution < -0.4 is 18.9 Å². The molecule has 0 aliphatic heterocycles. The average Bonchev–Trinajstić information content (AvgIpc) is 2.72. The summed E-state index contributed by atoms with van der Waals surface area (Å²) in [6.45, 7) is -0.0232. The van der Waals surface area contributed by atoms with Crippen LogP contribution in [0.15, 0.2) is 48.0 Å². The van der Waals surface area contributed by atoms with Gasteiger partial charge in [0.1, 0.15) is 0 Å². The Morgan fingerprint density at radius 3 is 1.81 bits per heavy atom. The lowest BCUT2D eigenvalue weighted by Gasteiger charge is -2.09. The summed E-state index contributed by atoms with van der Waals surface area (Å²) in [5.41, 5.74) is 2.83. The van der Waals surface area contributed by atoms with Crippen LogP contribution in [-0.4, -0.2) is 40.2 Å². The van der Waals surface area contributed by atoms with Crippen LogP contribution in [0.2, 0.25) is 0 Å². The highest BCUT2D eigenvalue weighted by atomic mass is 16.5. The predicted molar refractivity (Wildman–Crippen MR) is 108 cm³/mol. The van der Waals surface area contributed by atoms with E-state index < -0.39 is 0 Å². The molecule has 5 heteroatoms. The van der Waals surface area contributed by atoms with E-state index in [1.54, 1.807) is 28.4 Å². The van der Waals surface area contributed by atoms with Gasteiger partial charge in [0.2, 0.25) is 0 Å². The number of rotatable bonds is 9. The molecule has 0 fully saturated rings. The Balaban J connectivity index is 2.13. The normalized spacial score (nSPS) is 11.5. The lowest BCUT2D eigenvalue weighted by molar-refractivity contribution is 0.330. The zero-order valence-electron chi connectivity index (χ0n) is 16.2. The molecule has 0 heterocycles. The van der Waals surface area contributed by atoms with E-state index >= 15 is 0 Å². The van der Waals surface area contributed by atoms with Crippen LogP contribution in [0.3, 0.4) is 0 Å². The van der Waals surface area contributed by atoms with Crippen LogP contribution in [0.5, 0.6) is 23.0 Å². The molecule has 0 radical (unpaired) electrons. The van der Waals surface area contributed by atoms with E-state index in [0.717, 1.165) is 16.7 Å². The maximum Gasteiger partial charge on any atom is 0.161 e. The molecule has 0 saturated carbocycles. The first-order chi connectivity index (χ1) is 13.1. The van der Waals surface area contributed by atoms with E-state index in [4.69, 9.17) is 18.9 Å². The minimum absolute atomic E-state index is 0.0232. The minimum atomic E-state index is -0.0232. The number of methoxy groups -OCH3 is 4. The van der Waals surface area contributed by atoms with Gasteiger partial charge in [-0.3, -0.25) is 0 Å². The van der Waals surface area contributed by atoms with Crippen molar-refractivity contribution in [3.05, 3.63) is 59.2 Å². The molecule has 0 aromatic heterocycles. The number of benzene rings is 2. The second kappa shape index (κ2) is 10.3. The Morgan fingerprint density at radius 2 is 1.30 bits per heavy atom. The molecule has 27 heavy (non-hydrogen) atoms. The van der Waals surface area contributed by atoms with Gasteiger partial charge in [0.05, 0.1) is 35.0 Å². The molecule has 0 spiro atoms. The average molecular weight is 370 g/mol. The summed E-state index contributed by atoms with van der Waals surface area (Å²) in [6.07, 6.45) is 6.56. The quantitative estimate of drug-likeness (QED) is 0.717. The lowest BCUT2D eigenvalue weighted by Crippen LogP contribution is -1.92. The Bertz CT molecular complexity index is 808. The predicted octanol–water partition coefficient (Wildman–Crippen LogP) is 4.20. The number of ether oxygens (including phenoxy) is 4. The molecule has 0 aliphatic carbocycles. The maximum atomic E-state index is 9.67. The number of aliphatic hydroxyl groups is 1. The van der Waals surface area contributed by atoms with Crippen LogP contribution in [-0.2, 0) is 0 Å². The monoisotopic (exact) mass is 370 g/mol. The Hall–Kier alpha value is -2.92. The molecule has 2 aromatic rings. The fraction of sp³-hybridized carbons (Fsp3) is 0.273. The summed E-state index contributed by atoms with van der Waals surface area (Å²) in [5.74, 6) is 2.71. The first-order valence-corrected chi connectivity index (χ1v) is 8.56. The van der Waals surface area contributed by atoms with Gasteiger partial charge in [0, 0.05) is 0 Å². The molecule has 5 nitrogen and oxygen atoms in total. The Kier molecular flexibility index (Phi) is 7.77. The smallest absolute Gasteiger partial charge is 0.161 e. The zero-order valence-corrected chi connectivity index (χ0v) is 16.2. The molecule has 0 bridgehead atoms. The van der Waals surface area contributed by atoms with E-state index in [-0.39, 0.29) is 6.61 Å². The van der Waals surface area contributed by atoms with Crippen LogP contribution >= 0.6 is 0 Å². The van der Waals surface area contributed by atoms with Gasteiger partial charge >= 0.3 is 0 Å². The minimum Gasteiger partial charge on any atom is -0.493 e. The van der Waals surface area contributed by atoms with Crippen molar-refractivity contribution < 1.29 is 24.1 Å². The number of hydrogen-bond acceptors (Lipinski definition) is 5. The maximum absolute atomic E-state index is 9.67. The standard InChI is InChI=1S/C22H26O5/c1-24-19-10-8-16(13-21(19)26-3)6-5-7-18(15-23)12-17-9-11-20(25-2)22(14-17)27-4/h5-6,8-14,23H,7,15H2,1-4H3/b6-5-,18-12-. The molecule has 0 unspecified atom stereocenters. The molecule has 0 saturated heterocycles. The SMILES string of the molecule is COc1ccc(/C=C\C/C(=C/c2ccc(OC)c(OC)c2)CO)cc1OC. The summed E-state index contributed by atoms with van der Waals surface area (Å²) in [5, 5.41) is 9.67. The largest absolute Gasteiger partial charge is 0.493 e. The highest BCUT2D eigenvalue weighted by molar-refractivity contribution is 5.60. The van der Waals surface area contributed by atoms with E-state index in [0.29, 0.717) is 29.4 Å². The van der Waals surface area contributed by atoms with Crippen LogP contribution in [0.1, 0.15) is 17.5 Å². The molecular weight excluding hydrogens is 344 g/mol. The third-order valence-electron chi connectivity index (χ3n) is 4.08. The second-order valence-corrected chi connectivity index (χ2v) is 5.80. The van der Waals surface area contributed by atoms with Gasteiger partial charge in [-0.05, 0) is 47.4 Å². The third kappa shape index (κ3) is 5.53. The van der Waals surface area contributed by atoms with Crippen molar-refractivity contribution in [1.29, 1.82) is 0 Å². The number of hydrogen-bond donors (Lipinski definition) is 1. The summed E-state index contributed by atoms with van der Waals surface area (Å²) in [7, 11) is 6.43. The van der Waals surface area contributed by atoms with Gasteiger partial charge < -0.3 is 24.1 Å². The molecule has 0 atom stereocenters. The van der Waals surface area contributed by atoms with Gasteiger partial charge in [-0.15, -0.1) is 0 Å². The first-order valence-electron chi connectivity index (χ1n) is 8.56. The zero-order chi connectivity index (χ0) is 19.6. The van der Waals surface area contributed by atoms with Crippen molar-refractivity contribution in [1.82, 2.24) is 0 Å². The fourth-order valence-corrected chi connectivity index (χ4v) is 2.65. The Morgan fingerprint density at radius 1 is 0.778 bits per heavy atom. The molecule has 0 aliphatic rings. The highest BCUT2D eigenvalue weighted by Gasteiger charge is 2.05. The van der Waals surface area contributed by atoms with Crippen molar-refractivity contribution in [3.8, 4) is 23.0 Å². The van der Waals surface area contributed by atoms with Gasteiger partial charge in [0.15, 0.2) is 23.0 Å². The fourth-order valence-electron chi connectivity index (χ4n) is 2.65. The van der Waals surface area contributed by atoms with Crippen LogP contribution in [0.25, 0.3) is 12.2 Å². The van der Waals surface area contributed by atoms with Gasteiger partial charge in [-0.1, -0.05) is 30.4 Å². The molecule has 2 aromatic carbocycles. The Labute approximate surface area is 160 Å². The van der Waals surface area contributed by atoms with Crippen molar-refractivity contribution in [2.24, 2.45) is 0 Å². The van der Waals surface area contributed by atoms with Crippen molar-refractivity contribution in [2.75, 3.05) is 35.0 Å². The van der Waals surface area contributed by atoms with E-state index in [9.17, 15) is 5.11 Å². The summed E-state index contributed by atoms with van der Waals surface area (Å²) < 4.78 is 21.1. The van der Waals surface area contributed by atoms with E-state index in [1.165, 1.54) is 0 Å². The van der Waals surface area contributed by atoms with Gasteiger partial charge in [-0.25, -0.2) is 0 Å². The number of allylic oxidation sites excluding steroid dienone is 1. The van der Waals surface area contributed by atoms with Gasteiger partial charge in [-0.2, -0.15) is 0 Å². The second-order valence-electron chi connectivity index (χ2n) is 5.80. The van der Waals surface area contributed by atoms with Crippen LogP contribution in [0.4, 0.5) is 0 Å². The molecule has 1 N–H and O–H groups in total. The van der Waals surface area contributed by atoms with Gasteiger partial charge in [0.25, 0.3) is 0 Å². The first kappa shape index (κ1) is 20.4. The molecular formula is C22H26O5. The third-order valence-corrected chi connectivity index (χ3v) is 4.08. The van der Waals surface area contributed by atoms with Crippen molar-refractivity contribution >= 4 is 12.2 Å². The molecule has 144 valence electrons. The lowest BCUT2D eigenvalue weighted by atomic mass is 10.1. The summed E-state index contributed by atoms with van der Waals surface area (Å²) in [4.78, 5) is 0. The van der Waals surface area contributed by atoms with Crippen molar-refractivity contribution in [3.63, 3.8) is 0 Å². The van der Waals surface area contributed by atoms with E-state index in [2.05, 4.69) is 0 Å². The van der Waals surface area contributed by atoms with Crippen molar-refractivity contribution in [2.45, 2.75) is 6.42 Å². The highest BCUT2D eigenvalue weighted by Crippen LogP contribution is 2.29. The molecule has 0 amide bonds. The van der Waals surface area contributed by atoms with Crippen LogP contribution in [0, 0.1) is 0 Å². The van der Waals surface area contributed by atoms with E-state index in [1.807, 2.05) is 54.6 Å². The summed E-state index contributed by atoms with van der Waals surface area (Å²) >= 11 is 0. The number of aliphatic hydroxyl groups excluding tert-OH is 1. The topological polar surface area (TPSA) is 57.2 Å². The summed E-state index contributed by atoms with van der Waals surface area (Å²) in [6, 6.07) is 11.4.